The van der Waals surface area contributed by atoms with Crippen molar-refractivity contribution in [1.82, 2.24) is 14.6 Å². The first-order valence-corrected chi connectivity index (χ1v) is 9.51. The van der Waals surface area contributed by atoms with Crippen LogP contribution in [0.5, 0.6) is 0 Å². The number of nitrogens with one attached hydrogen (secondary N) is 2. The number of carbonyl (C=O) groups excluding carboxylic acids is 1. The fourth-order valence-electron chi connectivity index (χ4n) is 2.72. The molecular weight excluding hydrogens is 316 g/mol. The van der Waals surface area contributed by atoms with Crippen LogP contribution in [0.3, 0.4) is 0 Å². The van der Waals surface area contributed by atoms with Crippen LogP contribution in [0.2, 0.25) is 0 Å². The molecule has 0 saturated carbocycles. The van der Waals surface area contributed by atoms with Gasteiger partial charge in [-0.3, -0.25) is 4.79 Å². The first-order chi connectivity index (χ1) is 11.0. The number of hydrogen-bond donors (Lipinski definition) is 2. The normalized spacial score (nSPS) is 19.4. The van der Waals surface area contributed by atoms with Crippen molar-refractivity contribution in [2.24, 2.45) is 5.92 Å². The highest BCUT2D eigenvalue weighted by Crippen LogP contribution is 2.18. The second-order valence-electron chi connectivity index (χ2n) is 5.72. The maximum absolute atomic E-state index is 12.3. The summed E-state index contributed by atoms with van der Waals surface area (Å²) in [7, 11) is -1.73. The predicted molar refractivity (Wildman–Crippen MR) is 89.5 cm³/mol. The molecule has 7 nitrogen and oxygen atoms in total. The summed E-state index contributed by atoms with van der Waals surface area (Å²) >= 11 is 0. The van der Waals surface area contributed by atoms with Crippen LogP contribution in [-0.2, 0) is 14.8 Å². The minimum Gasteiger partial charge on any atom is -0.310 e. The van der Waals surface area contributed by atoms with Crippen LogP contribution in [0.15, 0.2) is 24.4 Å². The van der Waals surface area contributed by atoms with Crippen LogP contribution < -0.4 is 10.0 Å². The van der Waals surface area contributed by atoms with E-state index in [1.165, 1.54) is 7.05 Å². The second-order valence-corrected chi connectivity index (χ2v) is 7.77. The van der Waals surface area contributed by atoms with Gasteiger partial charge in [-0.1, -0.05) is 6.07 Å². The summed E-state index contributed by atoms with van der Waals surface area (Å²) in [5.41, 5.74) is 0. The van der Waals surface area contributed by atoms with Crippen molar-refractivity contribution >= 4 is 21.7 Å². The monoisotopic (exact) mass is 340 g/mol. The number of piperidine rings is 1. The molecule has 2 N–H and O–H groups in total. The van der Waals surface area contributed by atoms with E-state index in [2.05, 4.69) is 19.9 Å². The molecule has 8 heteroatoms. The summed E-state index contributed by atoms with van der Waals surface area (Å²) in [5, 5.41) is 2.84. The van der Waals surface area contributed by atoms with E-state index in [4.69, 9.17) is 0 Å². The Morgan fingerprint density at radius 3 is 2.96 bits per heavy atom. The van der Waals surface area contributed by atoms with Crippen LogP contribution in [0.1, 0.15) is 19.3 Å². The van der Waals surface area contributed by atoms with Gasteiger partial charge in [-0.25, -0.2) is 18.1 Å². The fourth-order valence-corrected chi connectivity index (χ4v) is 3.43. The van der Waals surface area contributed by atoms with E-state index in [9.17, 15) is 13.2 Å². The number of carbonyl (C=O) groups is 1. The van der Waals surface area contributed by atoms with Crippen LogP contribution in [0, 0.1) is 5.92 Å². The van der Waals surface area contributed by atoms with Crippen LogP contribution >= 0.6 is 0 Å². The van der Waals surface area contributed by atoms with Gasteiger partial charge in [-0.2, -0.15) is 0 Å². The summed E-state index contributed by atoms with van der Waals surface area (Å²) in [6.45, 7) is 2.26. The molecule has 0 aliphatic carbocycles. The Labute approximate surface area is 137 Å². The number of sulfonamides is 1. The lowest BCUT2D eigenvalue weighted by atomic mass is 9.97. The van der Waals surface area contributed by atoms with E-state index in [0.717, 1.165) is 19.4 Å². The number of anilines is 1. The predicted octanol–water partition coefficient (Wildman–Crippen LogP) is 0.671. The number of aromatic nitrogens is 1. The molecule has 1 aliphatic heterocycles. The van der Waals surface area contributed by atoms with E-state index in [0.29, 0.717) is 25.3 Å². The number of nitrogens with zero attached hydrogens (tertiary/aromatic N) is 2. The Morgan fingerprint density at radius 2 is 2.26 bits per heavy atom. The fraction of sp³-hybridized carbons (Fsp3) is 0.600. The molecule has 1 aromatic rings. The van der Waals surface area contributed by atoms with Crippen LogP contribution in [0.25, 0.3) is 0 Å². The van der Waals surface area contributed by atoms with Gasteiger partial charge < -0.3 is 10.2 Å². The maximum Gasteiger partial charge on any atom is 0.229 e. The minimum absolute atomic E-state index is 0.0174. The summed E-state index contributed by atoms with van der Waals surface area (Å²) in [4.78, 5) is 18.6. The lowest BCUT2D eigenvalue weighted by Gasteiger charge is -2.31. The Bertz CT molecular complexity index is 606. The van der Waals surface area contributed by atoms with Gasteiger partial charge in [-0.05, 0) is 51.5 Å². The zero-order valence-electron chi connectivity index (χ0n) is 13.4. The third-order valence-electron chi connectivity index (χ3n) is 3.99. The van der Waals surface area contributed by atoms with Crippen molar-refractivity contribution in [2.75, 3.05) is 37.8 Å². The van der Waals surface area contributed by atoms with Crippen molar-refractivity contribution in [3.8, 4) is 0 Å². The molecule has 23 heavy (non-hydrogen) atoms. The van der Waals surface area contributed by atoms with E-state index >= 15 is 0 Å². The Kier molecular flexibility index (Phi) is 6.49. The Morgan fingerprint density at radius 1 is 1.43 bits per heavy atom. The molecule has 1 amide bonds. The molecule has 0 aromatic carbocycles. The zero-order chi connectivity index (χ0) is 16.7. The summed E-state index contributed by atoms with van der Waals surface area (Å²) in [5.74, 6) is 0.586. The standard InChI is InChI=1S/C15H24N4O3S/c1-16-23(21,22)11-5-10-19-9-4-6-13(12-19)15(20)18-14-7-2-3-8-17-14/h2-3,7-8,13,16H,4-6,9-12H2,1H3,(H,17,18,20)/t13-/m1/s1. The molecule has 0 bridgehead atoms. The van der Waals surface area contributed by atoms with E-state index in [-0.39, 0.29) is 17.6 Å². The van der Waals surface area contributed by atoms with Crippen molar-refractivity contribution < 1.29 is 13.2 Å². The number of amides is 1. The maximum atomic E-state index is 12.3. The third kappa shape index (κ3) is 5.89. The summed E-state index contributed by atoms with van der Waals surface area (Å²) < 4.78 is 25.1. The molecule has 0 unspecified atom stereocenters. The number of likely N-dealkylation sites (tertiary alicyclic amines) is 1. The van der Waals surface area contributed by atoms with E-state index in [1.54, 1.807) is 18.3 Å². The zero-order valence-corrected chi connectivity index (χ0v) is 14.2. The molecule has 0 spiro atoms. The molecule has 1 aliphatic rings. The topological polar surface area (TPSA) is 91.4 Å². The van der Waals surface area contributed by atoms with Crippen molar-refractivity contribution in [2.45, 2.75) is 19.3 Å². The Hall–Kier alpha value is -1.51. The quantitative estimate of drug-likeness (QED) is 0.761. The summed E-state index contributed by atoms with van der Waals surface area (Å²) in [6, 6.07) is 5.40. The molecular formula is C15H24N4O3S. The molecule has 128 valence electrons. The molecule has 1 atom stereocenters. The number of hydrogen-bond acceptors (Lipinski definition) is 5. The van der Waals surface area contributed by atoms with Gasteiger partial charge in [0.1, 0.15) is 5.82 Å². The van der Waals surface area contributed by atoms with Crippen molar-refractivity contribution in [3.63, 3.8) is 0 Å². The van der Waals surface area contributed by atoms with Crippen LogP contribution in [-0.4, -0.2) is 56.6 Å². The average Bonchev–Trinajstić information content (AvgIpc) is 2.56. The lowest BCUT2D eigenvalue weighted by molar-refractivity contribution is -0.121. The Balaban J connectivity index is 1.80. The molecule has 1 aromatic heterocycles. The van der Waals surface area contributed by atoms with Gasteiger partial charge in [-0.15, -0.1) is 0 Å². The smallest absolute Gasteiger partial charge is 0.229 e. The average molecular weight is 340 g/mol. The van der Waals surface area contributed by atoms with Gasteiger partial charge in [0.2, 0.25) is 15.9 Å². The van der Waals surface area contributed by atoms with Crippen LogP contribution in [0.4, 0.5) is 5.82 Å². The largest absolute Gasteiger partial charge is 0.310 e. The van der Waals surface area contributed by atoms with Crippen molar-refractivity contribution in [1.29, 1.82) is 0 Å². The van der Waals surface area contributed by atoms with E-state index < -0.39 is 10.0 Å². The third-order valence-corrected chi connectivity index (χ3v) is 5.44. The van der Waals surface area contributed by atoms with Crippen molar-refractivity contribution in [3.05, 3.63) is 24.4 Å². The van der Waals surface area contributed by atoms with Gasteiger partial charge >= 0.3 is 0 Å². The summed E-state index contributed by atoms with van der Waals surface area (Å²) in [6.07, 6.45) is 4.01. The molecule has 0 radical (unpaired) electrons. The van der Waals surface area contributed by atoms with Gasteiger partial charge in [0.25, 0.3) is 0 Å². The van der Waals surface area contributed by atoms with Gasteiger partial charge in [0.05, 0.1) is 11.7 Å². The van der Waals surface area contributed by atoms with Gasteiger partial charge in [0.15, 0.2) is 0 Å². The highest BCUT2D eigenvalue weighted by Gasteiger charge is 2.26. The second kappa shape index (κ2) is 8.37. The minimum atomic E-state index is -3.16. The molecule has 1 fully saturated rings. The SMILES string of the molecule is CNS(=O)(=O)CCCN1CCC[C@@H](C(=O)Nc2ccccn2)C1. The molecule has 2 rings (SSSR count). The highest BCUT2D eigenvalue weighted by molar-refractivity contribution is 7.89. The first kappa shape index (κ1) is 17.8. The molecule has 2 heterocycles. The number of pyridine rings is 1. The van der Waals surface area contributed by atoms with E-state index in [1.807, 2.05) is 6.07 Å². The lowest BCUT2D eigenvalue weighted by Crippen LogP contribution is -2.41. The highest BCUT2D eigenvalue weighted by atomic mass is 32.2. The molecule has 1 saturated heterocycles. The first-order valence-electron chi connectivity index (χ1n) is 7.85. The van der Waals surface area contributed by atoms with Gasteiger partial charge in [0, 0.05) is 12.7 Å². The number of rotatable bonds is 7.